The summed E-state index contributed by atoms with van der Waals surface area (Å²) in [7, 11) is 0. The number of hydrogen-bond donors (Lipinski definition) is 0. The maximum Gasteiger partial charge on any atom is 0.308 e. The number of carbonyl (C=O) groups excluding carboxylic acids is 1. The molecule has 1 aliphatic heterocycles. The third kappa shape index (κ3) is 3.77. The van der Waals surface area contributed by atoms with E-state index in [9.17, 15) is 4.79 Å². The summed E-state index contributed by atoms with van der Waals surface area (Å²) in [5, 5.41) is 6.87. The Kier molecular flexibility index (Phi) is 4.71. The van der Waals surface area contributed by atoms with Gasteiger partial charge in [-0.3, -0.25) is 14.4 Å². The van der Waals surface area contributed by atoms with Gasteiger partial charge in [-0.1, -0.05) is 12.1 Å². The predicted molar refractivity (Wildman–Crippen MR) is 87.3 cm³/mol. The standard InChI is InChI=1S/C17H20N4O2/c1-14(22)23-16-8-4-3-7-15(16)17(20-12-9-18-13-20)19-21-10-5-2-6-11-21/h3-4,7-9,12-13H,2,5-6,10-11H2,1H3. The van der Waals surface area contributed by atoms with Crippen LogP contribution in [0.1, 0.15) is 31.7 Å². The van der Waals surface area contributed by atoms with Crippen LogP contribution in [0.5, 0.6) is 5.75 Å². The average Bonchev–Trinajstić information content (AvgIpc) is 3.08. The molecule has 6 heteroatoms. The molecule has 1 saturated heterocycles. The number of imidazole rings is 1. The van der Waals surface area contributed by atoms with Gasteiger partial charge in [0.25, 0.3) is 0 Å². The van der Waals surface area contributed by atoms with E-state index in [4.69, 9.17) is 9.84 Å². The van der Waals surface area contributed by atoms with Crippen LogP contribution in [0.4, 0.5) is 0 Å². The van der Waals surface area contributed by atoms with Gasteiger partial charge in [0, 0.05) is 32.4 Å². The molecule has 23 heavy (non-hydrogen) atoms. The normalized spacial score (nSPS) is 15.5. The molecule has 0 unspecified atom stereocenters. The van der Waals surface area contributed by atoms with Gasteiger partial charge in [0.2, 0.25) is 0 Å². The molecule has 0 N–H and O–H groups in total. The highest BCUT2D eigenvalue weighted by Crippen LogP contribution is 2.21. The molecule has 0 aliphatic carbocycles. The summed E-state index contributed by atoms with van der Waals surface area (Å²) in [5.41, 5.74) is 0.770. The summed E-state index contributed by atoms with van der Waals surface area (Å²) in [6.45, 7) is 3.28. The van der Waals surface area contributed by atoms with Crippen LogP contribution in [0, 0.1) is 0 Å². The molecular weight excluding hydrogens is 292 g/mol. The van der Waals surface area contributed by atoms with Crippen molar-refractivity contribution < 1.29 is 9.53 Å². The van der Waals surface area contributed by atoms with Gasteiger partial charge in [0.1, 0.15) is 12.1 Å². The number of hydrogen-bond acceptors (Lipinski definition) is 5. The number of rotatable bonds is 3. The molecule has 3 rings (SSSR count). The molecule has 2 aromatic rings. The lowest BCUT2D eigenvalue weighted by molar-refractivity contribution is -0.131. The minimum absolute atomic E-state index is 0.347. The molecule has 1 aromatic heterocycles. The maximum absolute atomic E-state index is 11.4. The zero-order chi connectivity index (χ0) is 16.1. The summed E-state index contributed by atoms with van der Waals surface area (Å²) in [5.74, 6) is 0.867. The van der Waals surface area contributed by atoms with Crippen molar-refractivity contribution in [1.82, 2.24) is 14.6 Å². The van der Waals surface area contributed by atoms with Crippen LogP contribution in [0.15, 0.2) is 48.1 Å². The molecule has 1 fully saturated rings. The summed E-state index contributed by atoms with van der Waals surface area (Å²) in [6.07, 6.45) is 8.79. The van der Waals surface area contributed by atoms with Gasteiger partial charge in [-0.25, -0.2) is 4.98 Å². The van der Waals surface area contributed by atoms with E-state index in [2.05, 4.69) is 9.99 Å². The fraction of sp³-hybridized carbons (Fsp3) is 0.353. The fourth-order valence-electron chi connectivity index (χ4n) is 2.64. The Balaban J connectivity index is 2.02. The highest BCUT2D eigenvalue weighted by atomic mass is 16.5. The van der Waals surface area contributed by atoms with E-state index in [1.807, 2.05) is 29.0 Å². The van der Waals surface area contributed by atoms with Gasteiger partial charge < -0.3 is 4.74 Å². The number of esters is 1. The fourth-order valence-corrected chi connectivity index (χ4v) is 2.64. The monoisotopic (exact) mass is 312 g/mol. The van der Waals surface area contributed by atoms with Crippen molar-refractivity contribution in [2.45, 2.75) is 26.2 Å². The van der Waals surface area contributed by atoms with E-state index in [0.29, 0.717) is 11.6 Å². The van der Waals surface area contributed by atoms with Crippen molar-refractivity contribution >= 4 is 11.8 Å². The second kappa shape index (κ2) is 7.09. The number of carbonyl (C=O) groups is 1. The number of nitrogens with zero attached hydrogens (tertiary/aromatic N) is 4. The van der Waals surface area contributed by atoms with Crippen LogP contribution in [-0.2, 0) is 4.79 Å². The average molecular weight is 312 g/mol. The van der Waals surface area contributed by atoms with Crippen molar-refractivity contribution in [3.05, 3.63) is 48.5 Å². The summed E-state index contributed by atoms with van der Waals surface area (Å²) in [6, 6.07) is 7.43. The highest BCUT2D eigenvalue weighted by Gasteiger charge is 2.16. The SMILES string of the molecule is CC(=O)Oc1ccccc1C(=NN1CCCCC1)n1ccnc1. The molecule has 2 heterocycles. The van der Waals surface area contributed by atoms with E-state index < -0.39 is 0 Å². The third-order valence-corrected chi connectivity index (χ3v) is 3.70. The number of piperidine rings is 1. The Morgan fingerprint density at radius 1 is 1.22 bits per heavy atom. The molecule has 6 nitrogen and oxygen atoms in total. The van der Waals surface area contributed by atoms with Gasteiger partial charge in [0.05, 0.1) is 5.56 Å². The lowest BCUT2D eigenvalue weighted by Gasteiger charge is -2.25. The lowest BCUT2D eigenvalue weighted by atomic mass is 10.1. The van der Waals surface area contributed by atoms with Crippen LogP contribution in [-0.4, -0.2) is 39.5 Å². The number of ether oxygens (including phenoxy) is 1. The Morgan fingerprint density at radius 2 is 2.00 bits per heavy atom. The summed E-state index contributed by atoms with van der Waals surface area (Å²) < 4.78 is 7.19. The minimum Gasteiger partial charge on any atom is -0.426 e. The highest BCUT2D eigenvalue weighted by molar-refractivity contribution is 6.02. The quantitative estimate of drug-likeness (QED) is 0.378. The molecule has 0 bridgehead atoms. The van der Waals surface area contributed by atoms with Crippen LogP contribution < -0.4 is 4.74 Å². The minimum atomic E-state index is -0.347. The van der Waals surface area contributed by atoms with Crippen molar-refractivity contribution in [1.29, 1.82) is 0 Å². The molecule has 120 valence electrons. The zero-order valence-corrected chi connectivity index (χ0v) is 13.2. The second-order valence-corrected chi connectivity index (χ2v) is 5.50. The topological polar surface area (TPSA) is 59.7 Å². The first-order valence-corrected chi connectivity index (χ1v) is 7.84. The van der Waals surface area contributed by atoms with Gasteiger partial charge in [-0.05, 0) is 31.4 Å². The van der Waals surface area contributed by atoms with Crippen LogP contribution in [0.3, 0.4) is 0 Å². The van der Waals surface area contributed by atoms with Crippen molar-refractivity contribution in [3.8, 4) is 5.75 Å². The number of aromatic nitrogens is 2. The molecule has 0 saturated carbocycles. The molecule has 0 radical (unpaired) electrons. The molecule has 0 amide bonds. The molecule has 1 aromatic carbocycles. The predicted octanol–water partition coefficient (Wildman–Crippen LogP) is 2.50. The number of hydrazone groups is 1. The van der Waals surface area contributed by atoms with E-state index in [0.717, 1.165) is 31.5 Å². The largest absolute Gasteiger partial charge is 0.426 e. The summed E-state index contributed by atoms with van der Waals surface area (Å²) >= 11 is 0. The van der Waals surface area contributed by atoms with Crippen LogP contribution in [0.2, 0.25) is 0 Å². The first kappa shape index (κ1) is 15.3. The van der Waals surface area contributed by atoms with Gasteiger partial charge in [-0.2, -0.15) is 5.10 Å². The van der Waals surface area contributed by atoms with Crippen LogP contribution in [0.25, 0.3) is 0 Å². The zero-order valence-electron chi connectivity index (χ0n) is 13.2. The molecular formula is C17H20N4O2. The van der Waals surface area contributed by atoms with E-state index in [-0.39, 0.29) is 5.97 Å². The van der Waals surface area contributed by atoms with Crippen molar-refractivity contribution in [2.24, 2.45) is 5.10 Å². The summed E-state index contributed by atoms with van der Waals surface area (Å²) in [4.78, 5) is 15.5. The Labute approximate surface area is 135 Å². The van der Waals surface area contributed by atoms with E-state index in [1.54, 1.807) is 18.6 Å². The Bertz CT molecular complexity index is 688. The lowest BCUT2D eigenvalue weighted by Crippen LogP contribution is -2.28. The molecule has 0 atom stereocenters. The van der Waals surface area contributed by atoms with Crippen LogP contribution >= 0.6 is 0 Å². The number of para-hydroxylation sites is 1. The molecule has 0 spiro atoms. The Morgan fingerprint density at radius 3 is 2.70 bits per heavy atom. The Hall–Kier alpha value is -2.63. The van der Waals surface area contributed by atoms with Crippen molar-refractivity contribution in [3.63, 3.8) is 0 Å². The van der Waals surface area contributed by atoms with E-state index in [1.165, 1.54) is 13.3 Å². The van der Waals surface area contributed by atoms with E-state index >= 15 is 0 Å². The number of benzene rings is 1. The van der Waals surface area contributed by atoms with Gasteiger partial charge in [0.15, 0.2) is 5.84 Å². The molecule has 1 aliphatic rings. The second-order valence-electron chi connectivity index (χ2n) is 5.50. The maximum atomic E-state index is 11.4. The van der Waals surface area contributed by atoms with Crippen molar-refractivity contribution in [2.75, 3.05) is 13.1 Å². The first-order chi connectivity index (χ1) is 11.2. The smallest absolute Gasteiger partial charge is 0.308 e. The van der Waals surface area contributed by atoms with Gasteiger partial charge in [-0.15, -0.1) is 0 Å². The first-order valence-electron chi connectivity index (χ1n) is 7.84. The van der Waals surface area contributed by atoms with Gasteiger partial charge >= 0.3 is 5.97 Å². The third-order valence-electron chi connectivity index (χ3n) is 3.70.